The number of rotatable bonds is 3. The maximum absolute atomic E-state index is 4.58. The molecule has 0 aromatic heterocycles. The molecule has 0 spiro atoms. The van der Waals surface area contributed by atoms with E-state index in [0.717, 1.165) is 12.1 Å². The summed E-state index contributed by atoms with van der Waals surface area (Å²) in [7, 11) is 0. The molecule has 1 aliphatic heterocycles. The van der Waals surface area contributed by atoms with Crippen LogP contribution in [0.3, 0.4) is 0 Å². The number of benzene rings is 2. The number of hydrogen-bond donors (Lipinski definition) is 0. The fourth-order valence-electron chi connectivity index (χ4n) is 2.41. The van der Waals surface area contributed by atoms with Gasteiger partial charge in [0.1, 0.15) is 0 Å². The minimum Gasteiger partial charge on any atom is -0.260 e. The van der Waals surface area contributed by atoms with Gasteiger partial charge in [0.15, 0.2) is 0 Å². The SMILES string of the molecule is C/C=C/c1ccc(C2=NC=C(c3ccccc3)C2)cc1. The quantitative estimate of drug-likeness (QED) is 0.739. The smallest absolute Gasteiger partial charge is 0.0520 e. The average Bonchev–Trinajstić information content (AvgIpc) is 2.99. The molecule has 0 unspecified atom stereocenters. The molecule has 2 aromatic rings. The van der Waals surface area contributed by atoms with Gasteiger partial charge in [-0.2, -0.15) is 0 Å². The lowest BCUT2D eigenvalue weighted by atomic mass is 9.99. The summed E-state index contributed by atoms with van der Waals surface area (Å²) in [6.45, 7) is 2.03. The van der Waals surface area contributed by atoms with Crippen LogP contribution in [-0.2, 0) is 0 Å². The van der Waals surface area contributed by atoms with Crippen molar-refractivity contribution in [3.05, 3.63) is 83.6 Å². The van der Waals surface area contributed by atoms with Crippen molar-refractivity contribution in [3.63, 3.8) is 0 Å². The summed E-state index contributed by atoms with van der Waals surface area (Å²) in [5.41, 5.74) is 6.14. The van der Waals surface area contributed by atoms with E-state index in [0.29, 0.717) is 0 Å². The lowest BCUT2D eigenvalue weighted by molar-refractivity contribution is 1.47. The Kier molecular flexibility index (Phi) is 3.60. The largest absolute Gasteiger partial charge is 0.260 e. The molecule has 0 saturated carbocycles. The molecule has 0 fully saturated rings. The molecule has 0 N–H and O–H groups in total. The molecule has 0 atom stereocenters. The standard InChI is InChI=1S/C19H17N/c1-2-6-15-9-11-17(12-10-15)19-13-18(14-20-19)16-7-4-3-5-8-16/h2-12,14H,13H2,1H3/b6-2+. The van der Waals surface area contributed by atoms with Crippen molar-refractivity contribution >= 4 is 17.4 Å². The molecule has 98 valence electrons. The van der Waals surface area contributed by atoms with Gasteiger partial charge >= 0.3 is 0 Å². The topological polar surface area (TPSA) is 12.4 Å². The van der Waals surface area contributed by atoms with Crippen molar-refractivity contribution in [2.45, 2.75) is 13.3 Å². The third kappa shape index (κ3) is 2.62. The van der Waals surface area contributed by atoms with Crippen LogP contribution in [0.25, 0.3) is 11.6 Å². The van der Waals surface area contributed by atoms with Crippen LogP contribution >= 0.6 is 0 Å². The van der Waals surface area contributed by atoms with Crippen LogP contribution in [0.2, 0.25) is 0 Å². The van der Waals surface area contributed by atoms with Gasteiger partial charge in [0, 0.05) is 12.6 Å². The molecule has 1 nitrogen and oxygen atoms in total. The summed E-state index contributed by atoms with van der Waals surface area (Å²) in [5.74, 6) is 0. The van der Waals surface area contributed by atoms with Crippen molar-refractivity contribution < 1.29 is 0 Å². The maximum Gasteiger partial charge on any atom is 0.0520 e. The van der Waals surface area contributed by atoms with Gasteiger partial charge < -0.3 is 0 Å². The van der Waals surface area contributed by atoms with Gasteiger partial charge in [-0.3, -0.25) is 4.99 Å². The number of aliphatic imine (C=N–C) groups is 1. The van der Waals surface area contributed by atoms with Crippen LogP contribution in [0.5, 0.6) is 0 Å². The summed E-state index contributed by atoms with van der Waals surface area (Å²) in [6.07, 6.45) is 7.06. The molecule has 0 radical (unpaired) electrons. The van der Waals surface area contributed by atoms with Crippen molar-refractivity contribution in [2.75, 3.05) is 0 Å². The molecule has 1 heteroatoms. The second-order valence-corrected chi connectivity index (χ2v) is 4.89. The Morgan fingerprint density at radius 2 is 1.65 bits per heavy atom. The highest BCUT2D eigenvalue weighted by molar-refractivity contribution is 6.09. The van der Waals surface area contributed by atoms with E-state index < -0.39 is 0 Å². The highest BCUT2D eigenvalue weighted by Gasteiger charge is 2.13. The van der Waals surface area contributed by atoms with Gasteiger partial charge in [0.2, 0.25) is 0 Å². The molecular formula is C19H17N. The third-order valence-corrected chi connectivity index (χ3v) is 3.48. The van der Waals surface area contributed by atoms with Crippen molar-refractivity contribution in [3.8, 4) is 0 Å². The first-order valence-corrected chi connectivity index (χ1v) is 6.91. The molecule has 3 rings (SSSR count). The minimum absolute atomic E-state index is 0.910. The van der Waals surface area contributed by atoms with Gasteiger partial charge in [-0.25, -0.2) is 0 Å². The van der Waals surface area contributed by atoms with Crippen LogP contribution in [-0.4, -0.2) is 5.71 Å². The summed E-state index contributed by atoms with van der Waals surface area (Å²) < 4.78 is 0. The first-order chi connectivity index (χ1) is 9.86. The van der Waals surface area contributed by atoms with E-state index in [1.54, 1.807) is 0 Å². The van der Waals surface area contributed by atoms with E-state index in [4.69, 9.17) is 0 Å². The Morgan fingerprint density at radius 3 is 2.35 bits per heavy atom. The highest BCUT2D eigenvalue weighted by atomic mass is 14.7. The monoisotopic (exact) mass is 259 g/mol. The zero-order valence-electron chi connectivity index (χ0n) is 11.6. The van der Waals surface area contributed by atoms with Gasteiger partial charge in [-0.15, -0.1) is 0 Å². The zero-order valence-corrected chi connectivity index (χ0v) is 11.6. The minimum atomic E-state index is 0.910. The van der Waals surface area contributed by atoms with E-state index in [2.05, 4.69) is 65.7 Å². The Hall–Kier alpha value is -2.41. The number of allylic oxidation sites excluding steroid dienone is 2. The second kappa shape index (κ2) is 5.70. The Balaban J connectivity index is 1.75. The van der Waals surface area contributed by atoms with Gasteiger partial charge in [-0.1, -0.05) is 66.7 Å². The number of nitrogens with zero attached hydrogens (tertiary/aromatic N) is 1. The fourth-order valence-corrected chi connectivity index (χ4v) is 2.41. The predicted molar refractivity (Wildman–Crippen MR) is 86.7 cm³/mol. The third-order valence-electron chi connectivity index (χ3n) is 3.48. The van der Waals surface area contributed by atoms with Gasteiger partial charge in [0.25, 0.3) is 0 Å². The Labute approximate surface area is 120 Å². The molecule has 20 heavy (non-hydrogen) atoms. The normalized spacial score (nSPS) is 14.4. The molecular weight excluding hydrogens is 242 g/mol. The summed E-state index contributed by atoms with van der Waals surface area (Å²) in [4.78, 5) is 4.58. The predicted octanol–water partition coefficient (Wildman–Crippen LogP) is 4.95. The van der Waals surface area contributed by atoms with Crippen LogP contribution in [0.4, 0.5) is 0 Å². The second-order valence-electron chi connectivity index (χ2n) is 4.89. The Morgan fingerprint density at radius 1 is 0.900 bits per heavy atom. The van der Waals surface area contributed by atoms with E-state index in [9.17, 15) is 0 Å². The van der Waals surface area contributed by atoms with Crippen LogP contribution in [0.15, 0.2) is 71.9 Å². The van der Waals surface area contributed by atoms with E-state index in [1.807, 2.05) is 19.2 Å². The summed E-state index contributed by atoms with van der Waals surface area (Å²) in [5, 5.41) is 0. The van der Waals surface area contributed by atoms with Gasteiger partial charge in [-0.05, 0) is 29.2 Å². The van der Waals surface area contributed by atoms with Gasteiger partial charge in [0.05, 0.1) is 5.71 Å². The first-order valence-electron chi connectivity index (χ1n) is 6.91. The molecule has 0 bridgehead atoms. The zero-order chi connectivity index (χ0) is 13.8. The average molecular weight is 259 g/mol. The first kappa shape index (κ1) is 12.6. The highest BCUT2D eigenvalue weighted by Crippen LogP contribution is 2.26. The van der Waals surface area contributed by atoms with E-state index in [-0.39, 0.29) is 0 Å². The van der Waals surface area contributed by atoms with Crippen molar-refractivity contribution in [1.29, 1.82) is 0 Å². The van der Waals surface area contributed by atoms with Crippen LogP contribution < -0.4 is 0 Å². The number of hydrogen-bond acceptors (Lipinski definition) is 1. The fraction of sp³-hybridized carbons (Fsp3) is 0.105. The summed E-state index contributed by atoms with van der Waals surface area (Å²) in [6, 6.07) is 19.0. The molecule has 2 aromatic carbocycles. The lowest BCUT2D eigenvalue weighted by Crippen LogP contribution is -1.98. The van der Waals surface area contributed by atoms with E-state index in [1.165, 1.54) is 22.3 Å². The maximum atomic E-state index is 4.58. The molecule has 1 aliphatic rings. The van der Waals surface area contributed by atoms with Crippen LogP contribution in [0, 0.1) is 0 Å². The molecule has 0 amide bonds. The van der Waals surface area contributed by atoms with E-state index >= 15 is 0 Å². The van der Waals surface area contributed by atoms with Crippen LogP contribution in [0.1, 0.15) is 30.0 Å². The Bertz CT molecular complexity index is 673. The molecule has 0 saturated heterocycles. The summed E-state index contributed by atoms with van der Waals surface area (Å²) >= 11 is 0. The van der Waals surface area contributed by atoms with Crippen molar-refractivity contribution in [1.82, 2.24) is 0 Å². The van der Waals surface area contributed by atoms with Crippen molar-refractivity contribution in [2.24, 2.45) is 4.99 Å². The molecule has 0 aliphatic carbocycles. The lowest BCUT2D eigenvalue weighted by Gasteiger charge is -2.04. The molecule has 1 heterocycles.